The summed E-state index contributed by atoms with van der Waals surface area (Å²) in [6.45, 7) is 6.13. The second kappa shape index (κ2) is 13.1. The SMILES string of the molecule is C=C/C=C(\CC#N)N(c1ccccc1)c1ccc2ccc(C)c3/c(=C\C=C\c4cccc(-n5c6ccccc6c6ccccc65)c4)ccc1c23. The van der Waals surface area contributed by atoms with Gasteiger partial charge in [0.2, 0.25) is 0 Å². The van der Waals surface area contributed by atoms with E-state index in [0.29, 0.717) is 0 Å². The smallest absolute Gasteiger partial charge is 0.0758 e. The molecular formula is C47H35N3. The van der Waals surface area contributed by atoms with E-state index in [1.807, 2.05) is 24.3 Å². The minimum absolute atomic E-state index is 0.261. The van der Waals surface area contributed by atoms with Gasteiger partial charge in [-0.05, 0) is 88.0 Å². The topological polar surface area (TPSA) is 32.0 Å². The van der Waals surface area contributed by atoms with Gasteiger partial charge in [-0.1, -0.05) is 128 Å². The van der Waals surface area contributed by atoms with Crippen LogP contribution in [0.25, 0.3) is 61.2 Å². The molecule has 238 valence electrons. The number of allylic oxidation sites excluding steroid dienone is 4. The molecule has 8 rings (SSSR count). The molecule has 3 nitrogen and oxygen atoms in total. The van der Waals surface area contributed by atoms with Gasteiger partial charge in [-0.25, -0.2) is 0 Å². The average Bonchev–Trinajstić information content (AvgIpc) is 3.49. The highest BCUT2D eigenvalue weighted by Gasteiger charge is 2.19. The molecule has 0 aliphatic heterocycles. The van der Waals surface area contributed by atoms with Crippen molar-refractivity contribution in [2.45, 2.75) is 13.3 Å². The molecule has 0 radical (unpaired) electrons. The van der Waals surface area contributed by atoms with Crippen LogP contribution in [0.2, 0.25) is 0 Å². The lowest BCUT2D eigenvalue weighted by molar-refractivity contribution is 1.09. The first kappa shape index (κ1) is 30.7. The fourth-order valence-electron chi connectivity index (χ4n) is 7.37. The van der Waals surface area contributed by atoms with Gasteiger partial charge >= 0.3 is 0 Å². The van der Waals surface area contributed by atoms with Gasteiger partial charge in [0, 0.05) is 33.2 Å². The standard InChI is InChI=1S/C47H35N3/c1-3-13-37(30-31-48)49(38-17-5-4-6-18-38)45-29-27-36-25-24-33(2)46-35(26-28-42(45)47(36)46)16-11-14-34-15-12-19-39(32-34)50-43-22-9-7-20-40(43)41-21-8-10-23-44(41)50/h3-29,32H,1,30H2,2H3/b14-11+,35-16-,37-13+. The van der Waals surface area contributed by atoms with E-state index in [9.17, 15) is 5.26 Å². The molecule has 0 unspecified atom stereocenters. The maximum absolute atomic E-state index is 9.76. The van der Waals surface area contributed by atoms with Crippen LogP contribution in [0, 0.1) is 18.3 Å². The Bertz CT molecular complexity index is 2670. The van der Waals surface area contributed by atoms with E-state index in [1.165, 1.54) is 43.5 Å². The predicted octanol–water partition coefficient (Wildman–Crippen LogP) is 11.7. The Hall–Kier alpha value is -6.63. The van der Waals surface area contributed by atoms with Crippen molar-refractivity contribution in [2.75, 3.05) is 4.90 Å². The fraction of sp³-hybridized carbons (Fsp3) is 0.0426. The van der Waals surface area contributed by atoms with Gasteiger partial charge in [-0.2, -0.15) is 5.26 Å². The van der Waals surface area contributed by atoms with E-state index in [-0.39, 0.29) is 6.42 Å². The molecule has 0 saturated heterocycles. The van der Waals surface area contributed by atoms with E-state index >= 15 is 0 Å². The Morgan fingerprint density at radius 3 is 2.20 bits per heavy atom. The van der Waals surface area contributed by atoms with Crippen molar-refractivity contribution in [1.82, 2.24) is 4.57 Å². The minimum Gasteiger partial charge on any atom is -0.313 e. The molecule has 0 spiro atoms. The van der Waals surface area contributed by atoms with Crippen LogP contribution >= 0.6 is 0 Å². The number of fused-ring (bicyclic) bond motifs is 3. The Labute approximate surface area is 292 Å². The van der Waals surface area contributed by atoms with Crippen LogP contribution in [0.5, 0.6) is 0 Å². The number of anilines is 2. The number of aromatic nitrogens is 1. The largest absolute Gasteiger partial charge is 0.313 e. The van der Waals surface area contributed by atoms with Crippen molar-refractivity contribution in [1.29, 1.82) is 5.26 Å². The summed E-state index contributed by atoms with van der Waals surface area (Å²) in [5, 5.41) is 18.2. The molecule has 0 N–H and O–H groups in total. The molecule has 8 aromatic rings. The molecule has 7 aromatic carbocycles. The number of hydrogen-bond donors (Lipinski definition) is 0. The highest BCUT2D eigenvalue weighted by molar-refractivity contribution is 6.16. The normalized spacial score (nSPS) is 12.4. The molecule has 0 aliphatic rings. The maximum atomic E-state index is 9.76. The van der Waals surface area contributed by atoms with E-state index in [1.54, 1.807) is 6.08 Å². The molecule has 0 amide bonds. The summed E-state index contributed by atoms with van der Waals surface area (Å²) in [5.74, 6) is 0. The fourth-order valence-corrected chi connectivity index (χ4v) is 7.37. The summed E-state index contributed by atoms with van der Waals surface area (Å²) in [6, 6.07) is 51.8. The van der Waals surface area contributed by atoms with Gasteiger partial charge in [0.05, 0.1) is 29.2 Å². The summed E-state index contributed by atoms with van der Waals surface area (Å²) in [7, 11) is 0. The molecule has 0 fully saturated rings. The van der Waals surface area contributed by atoms with Crippen molar-refractivity contribution >= 4 is 66.9 Å². The number of hydrogen-bond acceptors (Lipinski definition) is 2. The van der Waals surface area contributed by atoms with Gasteiger partial charge in [-0.3, -0.25) is 0 Å². The Morgan fingerprint density at radius 1 is 0.740 bits per heavy atom. The van der Waals surface area contributed by atoms with Gasteiger partial charge in [0.1, 0.15) is 0 Å². The molecule has 0 saturated carbocycles. The summed E-state index contributed by atoms with van der Waals surface area (Å²) < 4.78 is 2.36. The first-order valence-electron chi connectivity index (χ1n) is 16.9. The van der Waals surface area contributed by atoms with Crippen LogP contribution in [0.4, 0.5) is 11.4 Å². The third kappa shape index (κ3) is 5.34. The summed E-state index contributed by atoms with van der Waals surface area (Å²) in [4.78, 5) is 2.19. The number of nitriles is 1. The maximum Gasteiger partial charge on any atom is 0.0758 e. The van der Waals surface area contributed by atoms with Crippen molar-refractivity contribution in [3.8, 4) is 11.8 Å². The van der Waals surface area contributed by atoms with Gasteiger partial charge in [-0.15, -0.1) is 0 Å². The number of para-hydroxylation sites is 3. The summed E-state index contributed by atoms with van der Waals surface area (Å²) in [6.07, 6.45) is 10.5. The van der Waals surface area contributed by atoms with E-state index in [0.717, 1.165) is 38.9 Å². The van der Waals surface area contributed by atoms with Crippen molar-refractivity contribution in [2.24, 2.45) is 0 Å². The lowest BCUT2D eigenvalue weighted by Gasteiger charge is -2.28. The zero-order valence-electron chi connectivity index (χ0n) is 27.9. The highest BCUT2D eigenvalue weighted by atomic mass is 15.1. The van der Waals surface area contributed by atoms with Crippen LogP contribution in [0.15, 0.2) is 170 Å². The molecule has 0 bridgehead atoms. The highest BCUT2D eigenvalue weighted by Crippen LogP contribution is 2.40. The van der Waals surface area contributed by atoms with Crippen LogP contribution in [0.3, 0.4) is 0 Å². The average molecular weight is 642 g/mol. The molecule has 3 heteroatoms. The monoisotopic (exact) mass is 641 g/mol. The zero-order chi connectivity index (χ0) is 34.0. The van der Waals surface area contributed by atoms with E-state index in [4.69, 9.17) is 0 Å². The number of rotatable bonds is 8. The quantitative estimate of drug-likeness (QED) is 0.155. The molecule has 1 heterocycles. The minimum atomic E-state index is 0.261. The zero-order valence-corrected chi connectivity index (χ0v) is 27.9. The van der Waals surface area contributed by atoms with E-state index < -0.39 is 0 Å². The van der Waals surface area contributed by atoms with Crippen LogP contribution in [0.1, 0.15) is 17.5 Å². The Balaban J connectivity index is 1.24. The first-order valence-corrected chi connectivity index (χ1v) is 16.9. The van der Waals surface area contributed by atoms with Crippen LogP contribution < -0.4 is 10.1 Å². The number of benzene rings is 7. The third-order valence-electron chi connectivity index (χ3n) is 9.52. The van der Waals surface area contributed by atoms with Gasteiger partial charge in [0.15, 0.2) is 0 Å². The van der Waals surface area contributed by atoms with Crippen molar-refractivity contribution < 1.29 is 0 Å². The lowest BCUT2D eigenvalue weighted by Crippen LogP contribution is -2.17. The third-order valence-corrected chi connectivity index (χ3v) is 9.52. The Kier molecular flexibility index (Phi) is 8.05. The van der Waals surface area contributed by atoms with Crippen molar-refractivity contribution in [3.05, 3.63) is 186 Å². The molecule has 0 atom stereocenters. The van der Waals surface area contributed by atoms with Crippen molar-refractivity contribution in [3.63, 3.8) is 0 Å². The number of aryl methyl sites for hydroxylation is 1. The molecule has 50 heavy (non-hydrogen) atoms. The lowest BCUT2D eigenvalue weighted by atomic mass is 9.94. The number of nitrogens with zero attached hydrogens (tertiary/aromatic N) is 3. The summed E-state index contributed by atoms with van der Waals surface area (Å²) in [5.41, 5.74) is 8.82. The predicted molar refractivity (Wildman–Crippen MR) is 213 cm³/mol. The molecular weight excluding hydrogens is 607 g/mol. The van der Waals surface area contributed by atoms with Gasteiger partial charge in [0.25, 0.3) is 0 Å². The second-order valence-corrected chi connectivity index (χ2v) is 12.5. The molecule has 1 aromatic heterocycles. The van der Waals surface area contributed by atoms with Crippen LogP contribution in [-0.4, -0.2) is 4.57 Å². The Morgan fingerprint density at radius 2 is 1.46 bits per heavy atom. The van der Waals surface area contributed by atoms with E-state index in [2.05, 4.69) is 169 Å². The molecule has 0 aliphatic carbocycles. The first-order chi connectivity index (χ1) is 24.7. The second-order valence-electron chi connectivity index (χ2n) is 12.5. The summed E-state index contributed by atoms with van der Waals surface area (Å²) >= 11 is 0. The van der Waals surface area contributed by atoms with Gasteiger partial charge < -0.3 is 9.47 Å². The van der Waals surface area contributed by atoms with Crippen LogP contribution in [-0.2, 0) is 0 Å².